The highest BCUT2D eigenvalue weighted by molar-refractivity contribution is 7.99. The van der Waals surface area contributed by atoms with Crippen LogP contribution in [0.1, 0.15) is 24.8 Å². The Kier molecular flexibility index (Phi) is 4.99. The number of rotatable bonds is 3. The van der Waals surface area contributed by atoms with E-state index in [0.29, 0.717) is 23.0 Å². The molecule has 1 saturated heterocycles. The van der Waals surface area contributed by atoms with E-state index in [9.17, 15) is 4.79 Å². The maximum Gasteiger partial charge on any atom is 0.224 e. The molecule has 5 heteroatoms. The molecule has 3 nitrogen and oxygen atoms in total. The molecule has 0 saturated carbocycles. The van der Waals surface area contributed by atoms with Gasteiger partial charge in [-0.3, -0.25) is 4.79 Å². The number of nitrogens with one attached hydrogen (secondary N) is 1. The van der Waals surface area contributed by atoms with Gasteiger partial charge in [-0.05, 0) is 54.9 Å². The molecule has 19 heavy (non-hydrogen) atoms. The number of nitrogen functional groups attached to an aromatic ring is 1. The summed E-state index contributed by atoms with van der Waals surface area (Å²) in [5.41, 5.74) is 7.96. The van der Waals surface area contributed by atoms with E-state index in [2.05, 4.69) is 5.32 Å². The van der Waals surface area contributed by atoms with Crippen LogP contribution >= 0.6 is 23.4 Å². The maximum atomic E-state index is 12.0. The molecule has 0 atom stereocenters. The molecule has 0 unspecified atom stereocenters. The first-order valence-electron chi connectivity index (χ1n) is 6.49. The fourth-order valence-electron chi connectivity index (χ4n) is 2.25. The van der Waals surface area contributed by atoms with Crippen LogP contribution in [0.4, 0.5) is 11.4 Å². The Morgan fingerprint density at radius 1 is 1.47 bits per heavy atom. The summed E-state index contributed by atoms with van der Waals surface area (Å²) in [6.45, 7) is 1.92. The van der Waals surface area contributed by atoms with Crippen molar-refractivity contribution in [3.63, 3.8) is 0 Å². The summed E-state index contributed by atoms with van der Waals surface area (Å²) in [5.74, 6) is 2.93. The number of thioether (sulfide) groups is 1. The molecular weight excluding hydrogens is 280 g/mol. The van der Waals surface area contributed by atoms with Crippen molar-refractivity contribution in [3.8, 4) is 0 Å². The molecule has 1 aliphatic heterocycles. The van der Waals surface area contributed by atoms with Gasteiger partial charge in [-0.2, -0.15) is 11.8 Å². The van der Waals surface area contributed by atoms with Gasteiger partial charge in [0.1, 0.15) is 0 Å². The Morgan fingerprint density at radius 2 is 2.16 bits per heavy atom. The summed E-state index contributed by atoms with van der Waals surface area (Å²) in [6.07, 6.45) is 2.88. The van der Waals surface area contributed by atoms with Crippen LogP contribution in [-0.4, -0.2) is 17.4 Å². The van der Waals surface area contributed by atoms with Gasteiger partial charge in [0.05, 0.1) is 10.7 Å². The number of hydrogen-bond donors (Lipinski definition) is 2. The summed E-state index contributed by atoms with van der Waals surface area (Å²) < 4.78 is 0. The normalized spacial score (nSPS) is 16.3. The van der Waals surface area contributed by atoms with Gasteiger partial charge >= 0.3 is 0 Å². The molecular formula is C14H19ClN2OS. The molecule has 1 amide bonds. The number of anilines is 2. The van der Waals surface area contributed by atoms with Crippen LogP contribution in [0.25, 0.3) is 0 Å². The van der Waals surface area contributed by atoms with E-state index in [1.54, 1.807) is 12.1 Å². The Hall–Kier alpha value is -0.870. The number of nitrogens with two attached hydrogens (primary N) is 1. The Bertz CT molecular complexity index is 473. The predicted molar refractivity (Wildman–Crippen MR) is 83.9 cm³/mol. The number of amides is 1. The molecule has 0 aromatic heterocycles. The molecule has 1 aromatic rings. The van der Waals surface area contributed by atoms with Crippen LogP contribution in [-0.2, 0) is 4.79 Å². The van der Waals surface area contributed by atoms with E-state index in [1.165, 1.54) is 11.5 Å². The maximum absolute atomic E-state index is 12.0. The average molecular weight is 299 g/mol. The molecule has 0 radical (unpaired) electrons. The zero-order valence-corrected chi connectivity index (χ0v) is 12.6. The van der Waals surface area contributed by atoms with E-state index in [1.807, 2.05) is 18.7 Å². The van der Waals surface area contributed by atoms with Crippen LogP contribution in [0, 0.1) is 12.8 Å². The summed E-state index contributed by atoms with van der Waals surface area (Å²) in [7, 11) is 0. The van der Waals surface area contributed by atoms with Crippen molar-refractivity contribution in [1.82, 2.24) is 0 Å². The molecule has 0 bridgehead atoms. The van der Waals surface area contributed by atoms with Crippen molar-refractivity contribution in [3.05, 3.63) is 22.7 Å². The number of benzene rings is 1. The average Bonchev–Trinajstić information content (AvgIpc) is 2.37. The highest BCUT2D eigenvalue weighted by atomic mass is 35.5. The topological polar surface area (TPSA) is 55.1 Å². The van der Waals surface area contributed by atoms with Crippen LogP contribution < -0.4 is 11.1 Å². The number of halogens is 1. The van der Waals surface area contributed by atoms with Crippen molar-refractivity contribution >= 4 is 40.6 Å². The summed E-state index contributed by atoms with van der Waals surface area (Å²) in [5, 5.41) is 3.42. The van der Waals surface area contributed by atoms with Crippen LogP contribution in [0.2, 0.25) is 5.02 Å². The first-order chi connectivity index (χ1) is 9.06. The Morgan fingerprint density at radius 3 is 2.84 bits per heavy atom. The van der Waals surface area contributed by atoms with Crippen LogP contribution in [0.5, 0.6) is 0 Å². The number of aryl methyl sites for hydroxylation is 1. The molecule has 1 aliphatic rings. The fourth-order valence-corrected chi connectivity index (χ4v) is 3.62. The van der Waals surface area contributed by atoms with Gasteiger partial charge in [0.2, 0.25) is 5.91 Å². The number of hydrogen-bond acceptors (Lipinski definition) is 3. The van der Waals surface area contributed by atoms with Crippen molar-refractivity contribution < 1.29 is 4.79 Å². The molecule has 3 N–H and O–H groups in total. The molecule has 0 spiro atoms. The predicted octanol–water partition coefficient (Wildman–Crippen LogP) is 3.70. The Labute approximate surface area is 123 Å². The van der Waals surface area contributed by atoms with Crippen molar-refractivity contribution in [2.45, 2.75) is 26.2 Å². The van der Waals surface area contributed by atoms with Crippen LogP contribution in [0.3, 0.4) is 0 Å². The third-order valence-electron chi connectivity index (χ3n) is 3.43. The minimum atomic E-state index is 0.0702. The smallest absolute Gasteiger partial charge is 0.224 e. The van der Waals surface area contributed by atoms with E-state index < -0.39 is 0 Å². The summed E-state index contributed by atoms with van der Waals surface area (Å²) >= 11 is 7.95. The van der Waals surface area contributed by atoms with Gasteiger partial charge in [0.25, 0.3) is 0 Å². The molecule has 0 aliphatic carbocycles. The zero-order chi connectivity index (χ0) is 13.8. The molecule has 1 heterocycles. The third kappa shape index (κ3) is 4.05. The lowest BCUT2D eigenvalue weighted by Gasteiger charge is -2.21. The van der Waals surface area contributed by atoms with Crippen molar-refractivity contribution in [2.24, 2.45) is 5.92 Å². The molecule has 1 fully saturated rings. The van der Waals surface area contributed by atoms with E-state index in [0.717, 1.165) is 24.1 Å². The second-order valence-electron chi connectivity index (χ2n) is 5.00. The SMILES string of the molecule is Cc1cc(N)c(Cl)cc1NC(=O)CC1CCSCC1. The highest BCUT2D eigenvalue weighted by Crippen LogP contribution is 2.28. The lowest BCUT2D eigenvalue weighted by Crippen LogP contribution is -2.20. The van der Waals surface area contributed by atoms with E-state index in [-0.39, 0.29) is 5.91 Å². The standard InChI is InChI=1S/C14H19ClN2OS/c1-9-6-12(16)11(15)8-13(9)17-14(18)7-10-2-4-19-5-3-10/h6,8,10H,2-5,7,16H2,1H3,(H,17,18). The summed E-state index contributed by atoms with van der Waals surface area (Å²) in [4.78, 5) is 12.0. The third-order valence-corrected chi connectivity index (χ3v) is 4.81. The minimum absolute atomic E-state index is 0.0702. The van der Waals surface area contributed by atoms with E-state index in [4.69, 9.17) is 17.3 Å². The molecule has 2 rings (SSSR count). The Balaban J connectivity index is 1.96. The monoisotopic (exact) mass is 298 g/mol. The molecule has 1 aromatic carbocycles. The second-order valence-corrected chi connectivity index (χ2v) is 6.63. The molecule has 104 valence electrons. The largest absolute Gasteiger partial charge is 0.398 e. The second kappa shape index (κ2) is 6.53. The van der Waals surface area contributed by atoms with Gasteiger partial charge in [-0.1, -0.05) is 11.6 Å². The van der Waals surface area contributed by atoms with Gasteiger partial charge in [0, 0.05) is 12.1 Å². The quantitative estimate of drug-likeness (QED) is 0.837. The van der Waals surface area contributed by atoms with Gasteiger partial charge in [0.15, 0.2) is 0 Å². The first kappa shape index (κ1) is 14.5. The fraction of sp³-hybridized carbons (Fsp3) is 0.500. The lowest BCUT2D eigenvalue weighted by atomic mass is 9.98. The zero-order valence-electron chi connectivity index (χ0n) is 11.0. The minimum Gasteiger partial charge on any atom is -0.398 e. The van der Waals surface area contributed by atoms with Crippen molar-refractivity contribution in [1.29, 1.82) is 0 Å². The lowest BCUT2D eigenvalue weighted by molar-refractivity contribution is -0.117. The van der Waals surface area contributed by atoms with Gasteiger partial charge < -0.3 is 11.1 Å². The number of carbonyl (C=O) groups excluding carboxylic acids is 1. The van der Waals surface area contributed by atoms with Crippen molar-refractivity contribution in [2.75, 3.05) is 22.6 Å². The van der Waals surface area contributed by atoms with Gasteiger partial charge in [-0.25, -0.2) is 0 Å². The first-order valence-corrected chi connectivity index (χ1v) is 8.02. The van der Waals surface area contributed by atoms with E-state index >= 15 is 0 Å². The van der Waals surface area contributed by atoms with Crippen LogP contribution in [0.15, 0.2) is 12.1 Å². The number of carbonyl (C=O) groups is 1. The van der Waals surface area contributed by atoms with Gasteiger partial charge in [-0.15, -0.1) is 0 Å². The summed E-state index contributed by atoms with van der Waals surface area (Å²) in [6, 6.07) is 3.51. The highest BCUT2D eigenvalue weighted by Gasteiger charge is 2.17.